The third-order valence-corrected chi connectivity index (χ3v) is 9.31. The van der Waals surface area contributed by atoms with E-state index in [0.29, 0.717) is 19.4 Å². The molecule has 0 aliphatic heterocycles. The molecule has 15 heteroatoms. The van der Waals surface area contributed by atoms with Gasteiger partial charge in [0.15, 0.2) is 0 Å². The first kappa shape index (κ1) is 48.3. The minimum Gasteiger partial charge on any atom is -0.444 e. The molecular weight excluding hydrogens is 715 g/mol. The van der Waals surface area contributed by atoms with Crippen LogP contribution in [0.1, 0.15) is 107 Å². The zero-order valence-electron chi connectivity index (χ0n) is 34.2. The van der Waals surface area contributed by atoms with Crippen LogP contribution in [0.5, 0.6) is 0 Å². The van der Waals surface area contributed by atoms with E-state index in [2.05, 4.69) is 26.6 Å². The summed E-state index contributed by atoms with van der Waals surface area (Å²) in [6.07, 6.45) is -0.395. The molecule has 308 valence electrons. The van der Waals surface area contributed by atoms with E-state index < -0.39 is 81.2 Å². The Bertz CT molecular complexity index is 1460. The molecule has 6 N–H and O–H groups in total. The number of aliphatic hydroxyl groups is 1. The molecule has 0 aromatic heterocycles. The summed E-state index contributed by atoms with van der Waals surface area (Å²) in [5.41, 5.74) is 0.0965. The second-order valence-corrected chi connectivity index (χ2v) is 18.9. The minimum absolute atomic E-state index is 0.00433. The second kappa shape index (κ2) is 22.6. The van der Waals surface area contributed by atoms with E-state index in [4.69, 9.17) is 4.74 Å². The van der Waals surface area contributed by atoms with Crippen molar-refractivity contribution in [3.63, 3.8) is 0 Å². The Morgan fingerprint density at radius 2 is 1.19 bits per heavy atom. The summed E-state index contributed by atoms with van der Waals surface area (Å²) in [7, 11) is -3.54. The topological polar surface area (TPSA) is 209 Å². The molecule has 0 unspecified atom stereocenters. The van der Waals surface area contributed by atoms with Crippen LogP contribution in [0.3, 0.4) is 0 Å². The summed E-state index contributed by atoms with van der Waals surface area (Å²) in [4.78, 5) is 66.4. The number of alkyl carbamates (subject to hydrolysis) is 1. The Morgan fingerprint density at radius 1 is 0.685 bits per heavy atom. The highest BCUT2D eigenvalue weighted by molar-refractivity contribution is 7.90. The lowest BCUT2D eigenvalue weighted by molar-refractivity contribution is -0.132. The normalized spacial score (nSPS) is 15.4. The average Bonchev–Trinajstić information content (AvgIpc) is 3.02. The lowest BCUT2D eigenvalue weighted by atomic mass is 9.91. The monoisotopic (exact) mass is 781 g/mol. The van der Waals surface area contributed by atoms with Gasteiger partial charge in [-0.15, -0.1) is 0 Å². The quantitative estimate of drug-likeness (QED) is 0.101. The average molecular weight is 782 g/mol. The number of ether oxygens (including phenoxy) is 1. The van der Waals surface area contributed by atoms with E-state index in [1.807, 2.05) is 71.9 Å². The van der Waals surface area contributed by atoms with Crippen LogP contribution < -0.4 is 26.6 Å². The number of hydrogen-bond acceptors (Lipinski definition) is 9. The summed E-state index contributed by atoms with van der Waals surface area (Å²) in [6, 6.07) is 5.35. The molecule has 0 aliphatic carbocycles. The Morgan fingerprint density at radius 3 is 1.69 bits per heavy atom. The predicted molar refractivity (Wildman–Crippen MR) is 210 cm³/mol. The number of carbonyl (C=O) groups is 5. The molecule has 0 radical (unpaired) electrons. The van der Waals surface area contributed by atoms with Gasteiger partial charge in [0.25, 0.3) is 0 Å². The summed E-state index contributed by atoms with van der Waals surface area (Å²) in [5.74, 6) is -3.27. The van der Waals surface area contributed by atoms with Gasteiger partial charge in [-0.3, -0.25) is 19.2 Å². The minimum atomic E-state index is -3.54. The van der Waals surface area contributed by atoms with Gasteiger partial charge in [-0.2, -0.15) is 0 Å². The van der Waals surface area contributed by atoms with Crippen LogP contribution in [-0.2, 0) is 40.3 Å². The highest BCUT2D eigenvalue weighted by Gasteiger charge is 2.33. The molecular formula is C39H67N5O9S. The van der Waals surface area contributed by atoms with Gasteiger partial charge in [0.2, 0.25) is 23.6 Å². The summed E-state index contributed by atoms with van der Waals surface area (Å²) in [6.45, 7) is 18.4. The van der Waals surface area contributed by atoms with Gasteiger partial charge >= 0.3 is 6.09 Å². The maximum Gasteiger partial charge on any atom is 0.408 e. The van der Waals surface area contributed by atoms with E-state index in [9.17, 15) is 37.5 Å². The van der Waals surface area contributed by atoms with Gasteiger partial charge in [0.05, 0.1) is 17.9 Å². The van der Waals surface area contributed by atoms with Crippen LogP contribution >= 0.6 is 0 Å². The van der Waals surface area contributed by atoms with Crippen LogP contribution in [0.2, 0.25) is 0 Å². The van der Waals surface area contributed by atoms with Gasteiger partial charge in [-0.05, 0) is 76.2 Å². The zero-order chi connectivity index (χ0) is 41.4. The zero-order valence-corrected chi connectivity index (χ0v) is 35.0. The first-order valence-electron chi connectivity index (χ1n) is 18.9. The number of nitrogens with one attached hydrogen (secondary N) is 5. The van der Waals surface area contributed by atoms with Gasteiger partial charge in [-0.25, -0.2) is 13.2 Å². The smallest absolute Gasteiger partial charge is 0.408 e. The number of sulfone groups is 1. The molecule has 1 rings (SSSR count). The largest absolute Gasteiger partial charge is 0.444 e. The summed E-state index contributed by atoms with van der Waals surface area (Å²) in [5, 5.41) is 25.1. The molecule has 0 heterocycles. The molecule has 0 saturated heterocycles. The third-order valence-electron chi connectivity index (χ3n) is 8.33. The number of carbonyl (C=O) groups excluding carboxylic acids is 5. The predicted octanol–water partition coefficient (Wildman–Crippen LogP) is 3.61. The molecule has 0 saturated carbocycles. The van der Waals surface area contributed by atoms with Crippen molar-refractivity contribution < 1.29 is 42.2 Å². The van der Waals surface area contributed by atoms with Crippen LogP contribution in [0.15, 0.2) is 30.3 Å². The van der Waals surface area contributed by atoms with Crippen molar-refractivity contribution in [2.75, 3.05) is 12.0 Å². The Hall–Kier alpha value is -3.72. The van der Waals surface area contributed by atoms with Crippen molar-refractivity contribution in [2.24, 2.45) is 23.7 Å². The molecule has 5 amide bonds. The number of hydrogen-bond donors (Lipinski definition) is 6. The Balaban J connectivity index is 3.15. The highest BCUT2D eigenvalue weighted by atomic mass is 32.2. The molecule has 0 bridgehead atoms. The number of aliphatic hydroxyl groups excluding tert-OH is 1. The molecule has 1 aromatic rings. The van der Waals surface area contributed by atoms with Gasteiger partial charge in [0, 0.05) is 18.7 Å². The maximum absolute atomic E-state index is 13.8. The van der Waals surface area contributed by atoms with Crippen LogP contribution in [0.25, 0.3) is 0 Å². The molecule has 54 heavy (non-hydrogen) atoms. The summed E-state index contributed by atoms with van der Waals surface area (Å²) < 4.78 is 29.6. The van der Waals surface area contributed by atoms with E-state index in [1.165, 1.54) is 0 Å². The van der Waals surface area contributed by atoms with Crippen LogP contribution in [-0.4, -0.2) is 91.1 Å². The molecule has 0 spiro atoms. The molecule has 1 aromatic carbocycles. The van der Waals surface area contributed by atoms with Gasteiger partial charge in [-0.1, -0.05) is 78.8 Å². The fraction of sp³-hybridized carbons (Fsp3) is 0.718. The van der Waals surface area contributed by atoms with Crippen molar-refractivity contribution in [3.8, 4) is 0 Å². The second-order valence-electron chi connectivity index (χ2n) is 16.7. The van der Waals surface area contributed by atoms with Crippen molar-refractivity contribution in [1.82, 2.24) is 26.6 Å². The molecule has 6 atom stereocenters. The maximum atomic E-state index is 13.8. The lowest BCUT2D eigenvalue weighted by Gasteiger charge is -2.30. The van der Waals surface area contributed by atoms with Crippen molar-refractivity contribution in [1.29, 1.82) is 0 Å². The van der Waals surface area contributed by atoms with E-state index in [0.717, 1.165) is 11.8 Å². The van der Waals surface area contributed by atoms with E-state index in [-0.39, 0.29) is 42.9 Å². The van der Waals surface area contributed by atoms with Gasteiger partial charge < -0.3 is 36.4 Å². The Kier molecular flexibility index (Phi) is 20.2. The number of benzene rings is 1. The SMILES string of the molecule is CC(C)C[C@H](NC(=O)OC(C)(C)C)C(=O)N[C@@H](CCS(C)(=O)=O)C(=O)N[C@@H](CC(C)C)[C@@H](O)C[C@@H](C)C(=O)N[C@@H](CC(C)C)C(=O)NCc1ccccc1. The standard InChI is InChI=1S/C39H67N5O9S/c1-24(2)19-30(33(45)22-27(7)34(46)43-31(20-25(3)4)35(47)40-23-28-15-13-12-14-16-28)42-36(48)29(17-18-54(11,51)52)41-37(49)32(21-26(5)6)44-38(50)53-39(8,9)10/h12-16,24-27,29-33,45H,17-23H2,1-11H3,(H,40,47)(H,41,49)(H,42,48)(H,43,46)(H,44,50)/t27-,29+,30+,31+,32+,33+/m1/s1. The van der Waals surface area contributed by atoms with E-state index in [1.54, 1.807) is 27.7 Å². The van der Waals surface area contributed by atoms with Gasteiger partial charge in [0.1, 0.15) is 33.6 Å². The highest BCUT2D eigenvalue weighted by Crippen LogP contribution is 2.18. The first-order chi connectivity index (χ1) is 24.9. The fourth-order valence-corrected chi connectivity index (χ4v) is 6.35. The number of rotatable bonds is 22. The molecule has 0 aliphatic rings. The first-order valence-corrected chi connectivity index (χ1v) is 21.0. The van der Waals surface area contributed by atoms with Crippen molar-refractivity contribution in [3.05, 3.63) is 35.9 Å². The van der Waals surface area contributed by atoms with Crippen molar-refractivity contribution >= 4 is 39.6 Å². The molecule has 14 nitrogen and oxygen atoms in total. The van der Waals surface area contributed by atoms with E-state index >= 15 is 0 Å². The van der Waals surface area contributed by atoms with Crippen molar-refractivity contribution in [2.45, 2.75) is 144 Å². The molecule has 0 fully saturated rings. The van der Waals surface area contributed by atoms with Crippen LogP contribution in [0.4, 0.5) is 4.79 Å². The fourth-order valence-electron chi connectivity index (χ4n) is 5.69. The lowest BCUT2D eigenvalue weighted by Crippen LogP contribution is -2.57. The number of amides is 5. The van der Waals surface area contributed by atoms with Crippen LogP contribution in [0, 0.1) is 23.7 Å². The summed E-state index contributed by atoms with van der Waals surface area (Å²) >= 11 is 0. The Labute approximate surface area is 323 Å². The third kappa shape index (κ3) is 20.7.